The van der Waals surface area contributed by atoms with Crippen molar-refractivity contribution < 1.29 is 19.0 Å². The summed E-state index contributed by atoms with van der Waals surface area (Å²) in [6, 6.07) is 13.3. The average molecular weight is 400 g/mol. The maximum Gasteiger partial charge on any atom is 0.253 e. The number of hydrogen-bond donors (Lipinski definition) is 1. The van der Waals surface area contributed by atoms with Crippen LogP contribution in [0.15, 0.2) is 48.5 Å². The van der Waals surface area contributed by atoms with Gasteiger partial charge >= 0.3 is 0 Å². The van der Waals surface area contributed by atoms with E-state index < -0.39 is 6.10 Å². The number of benzene rings is 2. The Balaban J connectivity index is 0.000000989. The maximum absolute atomic E-state index is 12.3. The van der Waals surface area contributed by atoms with E-state index in [0.717, 1.165) is 16.9 Å². The van der Waals surface area contributed by atoms with Crippen LogP contribution in [0.5, 0.6) is 11.5 Å². The van der Waals surface area contributed by atoms with Gasteiger partial charge in [-0.05, 0) is 48.4 Å². The van der Waals surface area contributed by atoms with Crippen LogP contribution in [0.4, 0.5) is 5.69 Å². The number of anilines is 1. The number of ether oxygens (including phenoxy) is 3. The second-order valence-corrected chi connectivity index (χ2v) is 5.77. The molecule has 0 spiro atoms. The molecule has 5 nitrogen and oxygen atoms in total. The third-order valence-corrected chi connectivity index (χ3v) is 3.89. The molecule has 1 unspecified atom stereocenters. The van der Waals surface area contributed by atoms with Gasteiger partial charge in [-0.3, -0.25) is 4.79 Å². The number of carbonyl (C=O) groups is 1. The lowest BCUT2D eigenvalue weighted by molar-refractivity contribution is -0.125. The van der Waals surface area contributed by atoms with Crippen LogP contribution >= 0.6 is 0 Å². The van der Waals surface area contributed by atoms with Gasteiger partial charge < -0.3 is 19.5 Å². The zero-order valence-electron chi connectivity index (χ0n) is 18.3. The first-order valence-electron chi connectivity index (χ1n) is 10.1. The van der Waals surface area contributed by atoms with Crippen molar-refractivity contribution in [3.63, 3.8) is 0 Å². The molecule has 158 valence electrons. The predicted octanol–water partition coefficient (Wildman–Crippen LogP) is 5.70. The van der Waals surface area contributed by atoms with Crippen LogP contribution < -0.4 is 14.8 Å². The number of hydrogen-bond acceptors (Lipinski definition) is 4. The lowest BCUT2D eigenvalue weighted by Crippen LogP contribution is -2.28. The highest BCUT2D eigenvalue weighted by molar-refractivity contribution is 5.95. The molecule has 1 aliphatic heterocycles. The quantitative estimate of drug-likeness (QED) is 0.668. The SMILES string of the molecule is CC.CC.COc1cc2cc(c1)COc1ccccc1NC(=O)C(C)OC/C=C\2. The van der Waals surface area contributed by atoms with Crippen LogP contribution in [0.3, 0.4) is 0 Å². The minimum Gasteiger partial charge on any atom is -0.497 e. The third-order valence-electron chi connectivity index (χ3n) is 3.89. The molecule has 0 saturated carbocycles. The number of fused-ring (bicyclic) bond motifs is 3. The second-order valence-electron chi connectivity index (χ2n) is 5.77. The molecule has 2 aromatic carbocycles. The fourth-order valence-electron chi connectivity index (χ4n) is 2.53. The van der Waals surface area contributed by atoms with Crippen molar-refractivity contribution in [2.24, 2.45) is 0 Å². The number of para-hydroxylation sites is 2. The van der Waals surface area contributed by atoms with Gasteiger partial charge in [0, 0.05) is 0 Å². The zero-order chi connectivity index (χ0) is 21.6. The van der Waals surface area contributed by atoms with Crippen molar-refractivity contribution in [1.82, 2.24) is 0 Å². The van der Waals surface area contributed by atoms with Gasteiger partial charge in [-0.25, -0.2) is 0 Å². The highest BCUT2D eigenvalue weighted by Gasteiger charge is 2.15. The molecule has 5 heteroatoms. The molecule has 3 rings (SSSR count). The molecular formula is C24H33NO4. The van der Waals surface area contributed by atoms with E-state index in [0.29, 0.717) is 24.7 Å². The molecule has 0 aliphatic carbocycles. The summed E-state index contributed by atoms with van der Waals surface area (Å²) >= 11 is 0. The van der Waals surface area contributed by atoms with E-state index in [2.05, 4.69) is 5.32 Å². The molecule has 29 heavy (non-hydrogen) atoms. The molecule has 1 aliphatic rings. The molecule has 1 atom stereocenters. The largest absolute Gasteiger partial charge is 0.497 e. The fraction of sp³-hybridized carbons (Fsp3) is 0.375. The van der Waals surface area contributed by atoms with Gasteiger partial charge in [-0.2, -0.15) is 0 Å². The molecule has 1 heterocycles. The Labute approximate surface area is 174 Å². The molecule has 0 saturated heterocycles. The monoisotopic (exact) mass is 399 g/mol. The topological polar surface area (TPSA) is 56.8 Å². The van der Waals surface area contributed by atoms with Crippen LogP contribution in [0.25, 0.3) is 6.08 Å². The summed E-state index contributed by atoms with van der Waals surface area (Å²) in [5.74, 6) is 1.17. The lowest BCUT2D eigenvalue weighted by atomic mass is 10.1. The molecule has 1 amide bonds. The molecule has 1 N–H and O–H groups in total. The Morgan fingerprint density at radius 3 is 2.52 bits per heavy atom. The molecule has 0 aromatic heterocycles. The molecule has 2 bridgehead atoms. The molecule has 2 aromatic rings. The van der Waals surface area contributed by atoms with E-state index in [1.165, 1.54) is 0 Å². The van der Waals surface area contributed by atoms with E-state index in [1.807, 2.05) is 82.3 Å². The van der Waals surface area contributed by atoms with Crippen molar-refractivity contribution in [2.75, 3.05) is 19.0 Å². The van der Waals surface area contributed by atoms with Crippen LogP contribution in [-0.2, 0) is 16.1 Å². The van der Waals surface area contributed by atoms with Crippen molar-refractivity contribution in [3.05, 3.63) is 59.7 Å². The van der Waals surface area contributed by atoms with Gasteiger partial charge in [0.1, 0.15) is 24.2 Å². The summed E-state index contributed by atoms with van der Waals surface area (Å²) in [6.45, 7) is 10.4. The third kappa shape index (κ3) is 7.62. The number of methoxy groups -OCH3 is 1. The summed E-state index contributed by atoms with van der Waals surface area (Å²) in [7, 11) is 1.64. The molecular weight excluding hydrogens is 366 g/mol. The smallest absolute Gasteiger partial charge is 0.253 e. The summed E-state index contributed by atoms with van der Waals surface area (Å²) in [4.78, 5) is 12.3. The standard InChI is InChI=1S/C20H21NO4.2C2H6/c1-14-20(22)21-18-7-3-4-8-19(18)25-13-16-10-15(6-5-9-24-14)11-17(12-16)23-2;2*1-2/h3-8,10-12,14H,9,13H2,1-2H3,(H,21,22);2*1-2H3/b6-5-;;. The Hall–Kier alpha value is -2.79. The van der Waals surface area contributed by atoms with E-state index >= 15 is 0 Å². The fourth-order valence-corrected chi connectivity index (χ4v) is 2.53. The van der Waals surface area contributed by atoms with E-state index in [4.69, 9.17) is 14.2 Å². The average Bonchev–Trinajstić information content (AvgIpc) is 2.78. The zero-order valence-corrected chi connectivity index (χ0v) is 18.3. The molecule has 0 radical (unpaired) electrons. The summed E-state index contributed by atoms with van der Waals surface area (Å²) in [5, 5.41) is 2.86. The van der Waals surface area contributed by atoms with Gasteiger partial charge in [-0.1, -0.05) is 52.0 Å². The van der Waals surface area contributed by atoms with Gasteiger partial charge in [-0.15, -0.1) is 0 Å². The Morgan fingerprint density at radius 1 is 1.07 bits per heavy atom. The lowest BCUT2D eigenvalue weighted by Gasteiger charge is -2.16. The second kappa shape index (κ2) is 13.4. The van der Waals surface area contributed by atoms with Gasteiger partial charge in [0.2, 0.25) is 0 Å². The van der Waals surface area contributed by atoms with Gasteiger partial charge in [0.15, 0.2) is 0 Å². The summed E-state index contributed by atoms with van der Waals surface area (Å²) in [5.41, 5.74) is 2.59. The number of amides is 1. The number of nitrogens with one attached hydrogen (secondary N) is 1. The van der Waals surface area contributed by atoms with E-state index in [1.54, 1.807) is 14.0 Å². The summed E-state index contributed by atoms with van der Waals surface area (Å²) in [6.07, 6.45) is 3.25. The Bertz CT molecular complexity index is 786. The minimum atomic E-state index is -0.568. The normalized spacial score (nSPS) is 16.8. The minimum absolute atomic E-state index is 0.207. The molecule has 0 fully saturated rings. The van der Waals surface area contributed by atoms with Crippen LogP contribution in [0.1, 0.15) is 45.7 Å². The summed E-state index contributed by atoms with van der Waals surface area (Å²) < 4.78 is 16.9. The van der Waals surface area contributed by atoms with E-state index in [9.17, 15) is 4.79 Å². The first-order valence-corrected chi connectivity index (χ1v) is 10.1. The van der Waals surface area contributed by atoms with Crippen LogP contribution in [0, 0.1) is 0 Å². The van der Waals surface area contributed by atoms with Crippen molar-refractivity contribution >= 4 is 17.7 Å². The first-order chi connectivity index (χ1) is 14.2. The highest BCUT2D eigenvalue weighted by atomic mass is 16.5. The first kappa shape index (κ1) is 24.2. The maximum atomic E-state index is 12.3. The van der Waals surface area contributed by atoms with Crippen molar-refractivity contribution in [2.45, 2.75) is 47.3 Å². The predicted molar refractivity (Wildman–Crippen MR) is 120 cm³/mol. The van der Waals surface area contributed by atoms with Crippen LogP contribution in [-0.4, -0.2) is 25.7 Å². The number of carbonyl (C=O) groups excluding carboxylic acids is 1. The van der Waals surface area contributed by atoms with Crippen molar-refractivity contribution in [3.8, 4) is 11.5 Å². The van der Waals surface area contributed by atoms with Gasteiger partial charge in [0.05, 0.1) is 19.4 Å². The van der Waals surface area contributed by atoms with Gasteiger partial charge in [0.25, 0.3) is 5.91 Å². The number of rotatable bonds is 1. The van der Waals surface area contributed by atoms with E-state index in [-0.39, 0.29) is 5.91 Å². The Kier molecular flexibility index (Phi) is 11.2. The van der Waals surface area contributed by atoms with Crippen molar-refractivity contribution in [1.29, 1.82) is 0 Å². The Morgan fingerprint density at radius 2 is 1.79 bits per heavy atom. The highest BCUT2D eigenvalue weighted by Crippen LogP contribution is 2.26. The van der Waals surface area contributed by atoms with Crippen LogP contribution in [0.2, 0.25) is 0 Å².